The number of carbonyl (C=O) groups excluding carboxylic acids is 1. The number of amides is 1. The van der Waals surface area contributed by atoms with E-state index in [1.54, 1.807) is 14.2 Å². The second kappa shape index (κ2) is 15.1. The molecule has 1 heterocycles. The molecule has 2 unspecified atom stereocenters. The molecule has 8 nitrogen and oxygen atoms in total. The van der Waals surface area contributed by atoms with E-state index in [9.17, 15) is 9.90 Å². The summed E-state index contributed by atoms with van der Waals surface area (Å²) in [7, 11) is 3.34. The first kappa shape index (κ1) is 32.3. The Kier molecular flexibility index (Phi) is 12.8. The molecule has 2 rings (SSSR count). The third kappa shape index (κ3) is 9.11. The Balaban J connectivity index is 2.10. The highest BCUT2D eigenvalue weighted by Crippen LogP contribution is 2.41. The van der Waals surface area contributed by atoms with Gasteiger partial charge >= 0.3 is 0 Å². The summed E-state index contributed by atoms with van der Waals surface area (Å²) in [6.07, 6.45) is 1.93. The van der Waals surface area contributed by atoms with Crippen molar-refractivity contribution in [2.24, 2.45) is 34.8 Å². The number of aliphatic hydroxyl groups is 1. The molecular formula is C30H53N3O5. The molecule has 0 radical (unpaired) electrons. The van der Waals surface area contributed by atoms with Crippen LogP contribution < -0.4 is 25.8 Å². The molecule has 8 heteroatoms. The summed E-state index contributed by atoms with van der Waals surface area (Å²) >= 11 is 0. The third-order valence-corrected chi connectivity index (χ3v) is 8.09. The summed E-state index contributed by atoms with van der Waals surface area (Å²) in [6.45, 7) is 15.0. The molecule has 0 spiro atoms. The second-order valence-corrected chi connectivity index (χ2v) is 12.2. The molecule has 0 aliphatic carbocycles. The van der Waals surface area contributed by atoms with E-state index >= 15 is 0 Å². The molecule has 5 N–H and O–H groups in total. The maximum absolute atomic E-state index is 11.7. The zero-order chi connectivity index (χ0) is 28.5. The maximum Gasteiger partial charge on any atom is 0.224 e. The highest BCUT2D eigenvalue weighted by molar-refractivity contribution is 5.80. The number of rotatable bonds is 17. The summed E-state index contributed by atoms with van der Waals surface area (Å²) in [5, 5.41) is 18.6. The molecule has 1 aromatic carbocycles. The minimum atomic E-state index is -0.602. The summed E-state index contributed by atoms with van der Waals surface area (Å²) in [4.78, 5) is 11.7. The van der Waals surface area contributed by atoms with Crippen LogP contribution >= 0.6 is 0 Å². The lowest BCUT2D eigenvalue weighted by molar-refractivity contribution is -0.125. The van der Waals surface area contributed by atoms with Gasteiger partial charge in [-0.15, -0.1) is 0 Å². The van der Waals surface area contributed by atoms with Crippen LogP contribution in [0.1, 0.15) is 72.4 Å². The predicted octanol–water partition coefficient (Wildman–Crippen LogP) is 3.91. The molecule has 218 valence electrons. The van der Waals surface area contributed by atoms with E-state index in [0.29, 0.717) is 49.7 Å². The molecule has 5 atom stereocenters. The van der Waals surface area contributed by atoms with Gasteiger partial charge in [0.15, 0.2) is 11.5 Å². The topological polar surface area (TPSA) is 115 Å². The molecule has 1 amide bonds. The van der Waals surface area contributed by atoms with Crippen LogP contribution in [0.25, 0.3) is 0 Å². The molecule has 38 heavy (non-hydrogen) atoms. The summed E-state index contributed by atoms with van der Waals surface area (Å²) in [6, 6.07) is 6.27. The lowest BCUT2D eigenvalue weighted by Gasteiger charge is -2.29. The van der Waals surface area contributed by atoms with Gasteiger partial charge in [0.05, 0.1) is 25.2 Å². The molecule has 1 aliphatic heterocycles. The van der Waals surface area contributed by atoms with Gasteiger partial charge in [0, 0.05) is 38.8 Å². The van der Waals surface area contributed by atoms with E-state index in [-0.39, 0.29) is 23.9 Å². The molecule has 0 saturated carbocycles. The Morgan fingerprint density at radius 3 is 2.47 bits per heavy atom. The molecule has 1 aliphatic rings. The van der Waals surface area contributed by atoms with Gasteiger partial charge in [0.2, 0.25) is 5.91 Å². The first-order chi connectivity index (χ1) is 17.9. The monoisotopic (exact) mass is 535 g/mol. The molecular weight excluding hydrogens is 482 g/mol. The number of benzene rings is 1. The van der Waals surface area contributed by atoms with Gasteiger partial charge < -0.3 is 35.7 Å². The first-order valence-corrected chi connectivity index (χ1v) is 14.2. The average molecular weight is 536 g/mol. The Hall–Kier alpha value is -1.87. The Morgan fingerprint density at radius 2 is 1.89 bits per heavy atom. The molecule has 1 fully saturated rings. The summed E-state index contributed by atoms with van der Waals surface area (Å²) in [5.74, 6) is 2.65. The average Bonchev–Trinajstić information content (AvgIpc) is 3.32. The number of nitrogens with two attached hydrogens (primary N) is 1. The fraction of sp³-hybridized carbons (Fsp3) is 0.767. The lowest BCUT2D eigenvalue weighted by Crippen LogP contribution is -2.43. The highest BCUT2D eigenvalue weighted by Gasteiger charge is 2.40. The molecule has 1 aromatic rings. The van der Waals surface area contributed by atoms with Gasteiger partial charge in [-0.25, -0.2) is 0 Å². The van der Waals surface area contributed by atoms with Crippen molar-refractivity contribution in [1.29, 1.82) is 0 Å². The number of methoxy groups -OCH3 is 2. The zero-order valence-electron chi connectivity index (χ0n) is 24.9. The van der Waals surface area contributed by atoms with Crippen LogP contribution in [-0.2, 0) is 9.53 Å². The summed E-state index contributed by atoms with van der Waals surface area (Å²) in [5.41, 5.74) is 6.07. The minimum absolute atomic E-state index is 0.00360. The summed E-state index contributed by atoms with van der Waals surface area (Å²) < 4.78 is 16.7. The van der Waals surface area contributed by atoms with E-state index in [0.717, 1.165) is 30.7 Å². The van der Waals surface area contributed by atoms with Crippen molar-refractivity contribution in [3.8, 4) is 11.5 Å². The Morgan fingerprint density at radius 1 is 1.18 bits per heavy atom. The second-order valence-electron chi connectivity index (χ2n) is 12.2. The smallest absolute Gasteiger partial charge is 0.224 e. The third-order valence-electron chi connectivity index (χ3n) is 8.09. The molecule has 0 aromatic heterocycles. The Labute approximate surface area is 230 Å². The number of carbonyl (C=O) groups is 1. The van der Waals surface area contributed by atoms with Crippen molar-refractivity contribution in [2.75, 3.05) is 40.5 Å². The maximum atomic E-state index is 11.7. The van der Waals surface area contributed by atoms with Crippen LogP contribution in [-0.4, -0.2) is 63.7 Å². The fourth-order valence-corrected chi connectivity index (χ4v) is 5.23. The van der Waals surface area contributed by atoms with E-state index in [2.05, 4.69) is 50.5 Å². The fourth-order valence-electron chi connectivity index (χ4n) is 5.23. The van der Waals surface area contributed by atoms with Gasteiger partial charge in [0.1, 0.15) is 0 Å². The van der Waals surface area contributed by atoms with E-state index in [1.165, 1.54) is 0 Å². The molecule has 0 bridgehead atoms. The quantitative estimate of drug-likeness (QED) is 0.224. The number of primary amides is 1. The van der Waals surface area contributed by atoms with Gasteiger partial charge in [-0.1, -0.05) is 33.8 Å². The van der Waals surface area contributed by atoms with Crippen molar-refractivity contribution in [2.45, 2.75) is 79.0 Å². The SMILES string of the molecule is COCCCOc1cc(C2N[C@H]([C@@H](O)C[C@H](CNCC(C)(C)C(N)=O)C(C)C)CC2C(C)C)ccc1OC. The van der Waals surface area contributed by atoms with Crippen LogP contribution in [0.2, 0.25) is 0 Å². The standard InChI is InChI=1S/C30H53N3O5/c1-19(2)22(17-32-18-30(5,6)29(31)35)14-25(34)24-16-23(20(3)4)28(33-24)21-10-11-26(37-8)27(15-21)38-13-9-12-36-7/h10-11,15,19-20,22-25,28,32-34H,9,12-14,16-18H2,1-8H3,(H2,31,35)/t22-,23?,24+,25+,28?/m1/s1. The van der Waals surface area contributed by atoms with Gasteiger partial charge in [-0.05, 0) is 74.6 Å². The van der Waals surface area contributed by atoms with Gasteiger partial charge in [0.25, 0.3) is 0 Å². The van der Waals surface area contributed by atoms with Crippen LogP contribution in [0, 0.1) is 29.1 Å². The van der Waals surface area contributed by atoms with Crippen LogP contribution in [0.3, 0.4) is 0 Å². The number of aliphatic hydroxyl groups excluding tert-OH is 1. The number of hydrogen-bond acceptors (Lipinski definition) is 7. The number of nitrogens with one attached hydrogen (secondary N) is 2. The van der Waals surface area contributed by atoms with Crippen molar-refractivity contribution in [3.05, 3.63) is 23.8 Å². The Bertz CT molecular complexity index is 860. The normalized spacial score (nSPS) is 21.6. The largest absolute Gasteiger partial charge is 0.493 e. The van der Waals surface area contributed by atoms with Crippen molar-refractivity contribution in [1.82, 2.24) is 10.6 Å². The van der Waals surface area contributed by atoms with E-state index in [4.69, 9.17) is 19.9 Å². The van der Waals surface area contributed by atoms with E-state index < -0.39 is 11.5 Å². The molecule has 1 saturated heterocycles. The highest BCUT2D eigenvalue weighted by atomic mass is 16.5. The number of ether oxygens (including phenoxy) is 3. The van der Waals surface area contributed by atoms with E-state index in [1.807, 2.05) is 19.9 Å². The van der Waals surface area contributed by atoms with Crippen molar-refractivity contribution in [3.63, 3.8) is 0 Å². The van der Waals surface area contributed by atoms with Gasteiger partial charge in [-0.3, -0.25) is 4.79 Å². The van der Waals surface area contributed by atoms with Crippen molar-refractivity contribution < 1.29 is 24.1 Å². The van der Waals surface area contributed by atoms with Crippen LogP contribution in [0.5, 0.6) is 11.5 Å². The predicted molar refractivity (Wildman–Crippen MR) is 152 cm³/mol. The lowest BCUT2D eigenvalue weighted by atomic mass is 9.82. The van der Waals surface area contributed by atoms with Crippen LogP contribution in [0.4, 0.5) is 0 Å². The number of hydrogen-bond donors (Lipinski definition) is 4. The zero-order valence-corrected chi connectivity index (χ0v) is 24.9. The van der Waals surface area contributed by atoms with Crippen molar-refractivity contribution >= 4 is 5.91 Å². The van der Waals surface area contributed by atoms with Gasteiger partial charge in [-0.2, -0.15) is 0 Å². The van der Waals surface area contributed by atoms with Crippen LogP contribution in [0.15, 0.2) is 18.2 Å². The first-order valence-electron chi connectivity index (χ1n) is 14.2. The minimum Gasteiger partial charge on any atom is -0.493 e.